The molecule has 2 aromatic carbocycles. The summed E-state index contributed by atoms with van der Waals surface area (Å²) in [5, 5.41) is 5.85. The third-order valence-electron chi connectivity index (χ3n) is 6.47. The van der Waals surface area contributed by atoms with Crippen molar-refractivity contribution in [2.75, 3.05) is 15.5 Å². The maximum absolute atomic E-state index is 15.3. The first-order valence-electron chi connectivity index (χ1n) is 12.9. The molecule has 42 heavy (non-hydrogen) atoms. The van der Waals surface area contributed by atoms with Gasteiger partial charge in [0, 0.05) is 47.6 Å². The van der Waals surface area contributed by atoms with Crippen LogP contribution in [0.3, 0.4) is 0 Å². The number of amides is 1. The molecule has 0 bridgehead atoms. The van der Waals surface area contributed by atoms with Crippen LogP contribution in [0.5, 0.6) is 0 Å². The first kappa shape index (κ1) is 26.9. The fraction of sp³-hybridized carbons (Fsp3) is 0.179. The zero-order valence-corrected chi connectivity index (χ0v) is 22.0. The summed E-state index contributed by atoms with van der Waals surface area (Å²) in [4.78, 5) is 34.4. The molecule has 3 heterocycles. The molecule has 10 nitrogen and oxygen atoms in total. The molecular formula is C28H23F4N9O. The second-order valence-corrected chi connectivity index (χ2v) is 9.74. The molecule has 0 unspecified atom stereocenters. The van der Waals surface area contributed by atoms with E-state index in [0.717, 1.165) is 31.0 Å². The van der Waals surface area contributed by atoms with E-state index in [0.29, 0.717) is 23.4 Å². The van der Waals surface area contributed by atoms with Gasteiger partial charge in [-0.25, -0.2) is 24.3 Å². The Labute approximate surface area is 236 Å². The average Bonchev–Trinajstić information content (AvgIpc) is 3.40. The first-order valence-corrected chi connectivity index (χ1v) is 12.9. The highest BCUT2D eigenvalue weighted by Gasteiger charge is 2.32. The molecule has 0 saturated heterocycles. The number of nitrogens with one attached hydrogen (secondary N) is 3. The number of carbonyl (C=O) groups excluding carboxylic acids is 1. The van der Waals surface area contributed by atoms with Crippen LogP contribution in [0, 0.1) is 12.7 Å². The summed E-state index contributed by atoms with van der Waals surface area (Å²) in [5.74, 6) is -0.386. The van der Waals surface area contributed by atoms with Crippen LogP contribution in [0.1, 0.15) is 34.5 Å². The van der Waals surface area contributed by atoms with Crippen molar-refractivity contribution in [3.63, 3.8) is 0 Å². The molecule has 0 aliphatic heterocycles. The molecule has 6 rings (SSSR count). The Kier molecular flexibility index (Phi) is 6.80. The maximum atomic E-state index is 15.3. The molecule has 3 N–H and O–H groups in total. The van der Waals surface area contributed by atoms with Gasteiger partial charge in [-0.15, -0.1) is 0 Å². The van der Waals surface area contributed by atoms with Gasteiger partial charge in [0.1, 0.15) is 23.8 Å². The van der Waals surface area contributed by atoms with Gasteiger partial charge in [-0.3, -0.25) is 9.69 Å². The number of alkyl halides is 3. The lowest BCUT2D eigenvalue weighted by molar-refractivity contribution is -0.137. The van der Waals surface area contributed by atoms with Crippen molar-refractivity contribution in [2.24, 2.45) is 0 Å². The van der Waals surface area contributed by atoms with Crippen LogP contribution in [0.4, 0.5) is 46.5 Å². The van der Waals surface area contributed by atoms with Gasteiger partial charge in [0.25, 0.3) is 5.91 Å². The molecular weight excluding hydrogens is 554 g/mol. The van der Waals surface area contributed by atoms with Crippen molar-refractivity contribution >= 4 is 34.9 Å². The van der Waals surface area contributed by atoms with Crippen molar-refractivity contribution in [1.29, 1.82) is 0 Å². The Morgan fingerprint density at radius 1 is 1.07 bits per heavy atom. The van der Waals surface area contributed by atoms with E-state index in [-0.39, 0.29) is 28.6 Å². The number of hydrogen-bond donors (Lipinski definition) is 3. The minimum atomic E-state index is -4.70. The number of halogens is 4. The Balaban J connectivity index is 1.34. The minimum absolute atomic E-state index is 0.0163. The number of benzene rings is 2. The Bertz CT molecular complexity index is 1750. The lowest BCUT2D eigenvalue weighted by Crippen LogP contribution is -2.17. The third kappa shape index (κ3) is 5.77. The molecule has 0 spiro atoms. The SMILES string of the molecule is Cc1cn(-c2cc(C(=O)Nc3ccc(F)c(N(c4cc(NC5CC5)ncn4)c4ncc[nH]4)c3)cc(C(F)(F)F)c2)cn1. The number of H-pyrrole nitrogens is 1. The highest BCUT2D eigenvalue weighted by atomic mass is 19.4. The number of hydrogen-bond acceptors (Lipinski definition) is 7. The molecule has 1 saturated carbocycles. The lowest BCUT2D eigenvalue weighted by atomic mass is 10.1. The van der Waals surface area contributed by atoms with Crippen LogP contribution in [0.15, 0.2) is 73.7 Å². The number of imidazole rings is 2. The second kappa shape index (κ2) is 10.6. The van der Waals surface area contributed by atoms with Gasteiger partial charge in [0.2, 0.25) is 5.95 Å². The number of nitrogens with zero attached hydrogens (tertiary/aromatic N) is 6. The monoisotopic (exact) mass is 577 g/mol. The van der Waals surface area contributed by atoms with E-state index in [1.807, 2.05) is 0 Å². The molecule has 1 fully saturated rings. The van der Waals surface area contributed by atoms with E-state index in [4.69, 9.17) is 0 Å². The van der Waals surface area contributed by atoms with Crippen LogP contribution in [0.25, 0.3) is 5.69 Å². The Morgan fingerprint density at radius 2 is 1.90 bits per heavy atom. The van der Waals surface area contributed by atoms with E-state index < -0.39 is 23.5 Å². The summed E-state index contributed by atoms with van der Waals surface area (Å²) in [6, 6.07) is 8.77. The van der Waals surface area contributed by atoms with Crippen LogP contribution < -0.4 is 15.5 Å². The standard InChI is InChI=1S/C28H23F4N9O/c1-16-13-40(15-37-16)21-9-17(8-18(10-21)28(30,31)32)26(42)39-20-4-5-22(29)23(11-20)41(27-33-6-7-34-27)25-12-24(35-14-36-25)38-19-2-3-19/h4-15,19H,2-3H2,1H3,(H,33,34)(H,39,42)(H,35,36,38). The number of rotatable bonds is 8. The van der Waals surface area contributed by atoms with E-state index in [9.17, 15) is 18.0 Å². The van der Waals surface area contributed by atoms with Crippen molar-refractivity contribution in [3.05, 3.63) is 96.3 Å². The van der Waals surface area contributed by atoms with Crippen molar-refractivity contribution in [1.82, 2.24) is 29.5 Å². The Morgan fingerprint density at radius 3 is 2.60 bits per heavy atom. The van der Waals surface area contributed by atoms with Gasteiger partial charge in [0.05, 0.1) is 23.3 Å². The van der Waals surface area contributed by atoms with Gasteiger partial charge < -0.3 is 20.2 Å². The molecule has 0 atom stereocenters. The highest BCUT2D eigenvalue weighted by Crippen LogP contribution is 2.36. The van der Waals surface area contributed by atoms with Crippen LogP contribution in [-0.4, -0.2) is 41.4 Å². The van der Waals surface area contributed by atoms with Crippen LogP contribution in [0.2, 0.25) is 0 Å². The number of aryl methyl sites for hydroxylation is 1. The summed E-state index contributed by atoms with van der Waals surface area (Å²) in [6.45, 7) is 1.70. The molecule has 214 valence electrons. The molecule has 1 aliphatic rings. The van der Waals surface area contributed by atoms with Crippen molar-refractivity contribution in [3.8, 4) is 5.69 Å². The summed E-state index contributed by atoms with van der Waals surface area (Å²) >= 11 is 0. The summed E-state index contributed by atoms with van der Waals surface area (Å²) in [5.41, 5.74) is -0.421. The van der Waals surface area contributed by atoms with Gasteiger partial charge in [0.15, 0.2) is 0 Å². The number of aromatic amines is 1. The fourth-order valence-corrected chi connectivity index (χ4v) is 4.29. The summed E-state index contributed by atoms with van der Waals surface area (Å²) in [7, 11) is 0. The van der Waals surface area contributed by atoms with E-state index >= 15 is 4.39 Å². The van der Waals surface area contributed by atoms with E-state index in [2.05, 4.69) is 35.6 Å². The van der Waals surface area contributed by atoms with E-state index in [1.54, 1.807) is 25.4 Å². The largest absolute Gasteiger partial charge is 0.416 e. The number of carbonyl (C=O) groups is 1. The summed E-state index contributed by atoms with van der Waals surface area (Å²) in [6.07, 6.45) is 4.64. The van der Waals surface area contributed by atoms with Crippen LogP contribution in [-0.2, 0) is 6.18 Å². The van der Waals surface area contributed by atoms with Crippen LogP contribution >= 0.6 is 0 Å². The topological polar surface area (TPSA) is 117 Å². The fourth-order valence-electron chi connectivity index (χ4n) is 4.29. The van der Waals surface area contributed by atoms with Gasteiger partial charge in [-0.1, -0.05) is 0 Å². The zero-order chi connectivity index (χ0) is 29.4. The van der Waals surface area contributed by atoms with Gasteiger partial charge in [-0.2, -0.15) is 13.2 Å². The molecule has 5 aromatic rings. The van der Waals surface area contributed by atoms with Gasteiger partial charge >= 0.3 is 6.18 Å². The predicted molar refractivity (Wildman–Crippen MR) is 147 cm³/mol. The highest BCUT2D eigenvalue weighted by molar-refractivity contribution is 6.05. The van der Waals surface area contributed by atoms with Crippen molar-refractivity contribution < 1.29 is 22.4 Å². The summed E-state index contributed by atoms with van der Waals surface area (Å²) < 4.78 is 57.9. The third-order valence-corrected chi connectivity index (χ3v) is 6.47. The molecule has 1 aliphatic carbocycles. The quantitative estimate of drug-likeness (QED) is 0.190. The van der Waals surface area contributed by atoms with E-state index in [1.165, 1.54) is 46.5 Å². The smallest absolute Gasteiger partial charge is 0.367 e. The maximum Gasteiger partial charge on any atom is 0.416 e. The van der Waals surface area contributed by atoms with Gasteiger partial charge in [-0.05, 0) is 56.2 Å². The normalized spacial score (nSPS) is 13.2. The minimum Gasteiger partial charge on any atom is -0.367 e. The molecule has 1 amide bonds. The molecule has 3 aromatic heterocycles. The zero-order valence-electron chi connectivity index (χ0n) is 22.0. The molecule has 0 radical (unpaired) electrons. The number of aromatic nitrogens is 6. The number of anilines is 5. The van der Waals surface area contributed by atoms with Crippen molar-refractivity contribution in [2.45, 2.75) is 32.0 Å². The first-order chi connectivity index (χ1) is 20.1. The second-order valence-electron chi connectivity index (χ2n) is 9.74. The lowest BCUT2D eigenvalue weighted by Gasteiger charge is -2.23. The predicted octanol–water partition coefficient (Wildman–Crippen LogP) is 6.15. The Hall–Kier alpha value is -5.27. The average molecular weight is 578 g/mol. The molecule has 14 heteroatoms.